The Morgan fingerprint density at radius 2 is 1.31 bits per heavy atom. The van der Waals surface area contributed by atoms with Crippen molar-refractivity contribution >= 4 is 17.5 Å². The fourth-order valence-electron chi connectivity index (χ4n) is 3.97. The summed E-state index contributed by atoms with van der Waals surface area (Å²) in [5, 5.41) is 9.80. The Hall–Kier alpha value is -2.62. The maximum atomic E-state index is 11.1. The minimum atomic E-state index is -0.663. The second kappa shape index (κ2) is 12.4. The van der Waals surface area contributed by atoms with Gasteiger partial charge in [-0.3, -0.25) is 4.79 Å². The number of carbonyl (C=O) groups excluding carboxylic acids is 1. The van der Waals surface area contributed by atoms with Gasteiger partial charge in [-0.05, 0) is 48.6 Å². The first kappa shape index (κ1) is 24.0. The minimum Gasteiger partial charge on any atom is -0.389 e. The molecule has 0 radical (unpaired) electrons. The highest BCUT2D eigenvalue weighted by Gasteiger charge is 2.36. The first-order valence-corrected chi connectivity index (χ1v) is 12.3. The quantitative estimate of drug-likeness (QED) is 0.190. The second-order valence-electron chi connectivity index (χ2n) is 8.03. The summed E-state index contributed by atoms with van der Waals surface area (Å²) in [6.45, 7) is 1.51. The molecule has 0 unspecified atom stereocenters. The molecule has 0 aliphatic rings. The van der Waals surface area contributed by atoms with Crippen LogP contribution in [0.5, 0.6) is 0 Å². The molecule has 3 rings (SSSR count). The molecule has 1 atom stereocenters. The number of aliphatic hydroxyl groups excluding tert-OH is 1. The summed E-state index contributed by atoms with van der Waals surface area (Å²) in [6.07, 6.45) is 6.30. The van der Waals surface area contributed by atoms with Crippen molar-refractivity contribution < 1.29 is 9.90 Å². The molecule has 0 saturated heterocycles. The summed E-state index contributed by atoms with van der Waals surface area (Å²) in [5.41, 5.74) is 3.86. The predicted molar refractivity (Wildman–Crippen MR) is 136 cm³/mol. The number of benzene rings is 3. The van der Waals surface area contributed by atoms with Crippen LogP contribution in [0.3, 0.4) is 0 Å². The van der Waals surface area contributed by atoms with Crippen LogP contribution < -0.4 is 0 Å². The highest BCUT2D eigenvalue weighted by molar-refractivity contribution is 8.00. The highest BCUT2D eigenvalue weighted by Crippen LogP contribution is 2.48. The summed E-state index contributed by atoms with van der Waals surface area (Å²) in [5.74, 6) is 1.03. The van der Waals surface area contributed by atoms with Crippen LogP contribution in [0.25, 0.3) is 0 Å². The summed E-state index contributed by atoms with van der Waals surface area (Å²) in [6, 6.07) is 32.3. The second-order valence-corrected chi connectivity index (χ2v) is 9.33. The van der Waals surface area contributed by atoms with Gasteiger partial charge in [-0.1, -0.05) is 103 Å². The van der Waals surface area contributed by atoms with Gasteiger partial charge in [-0.15, -0.1) is 11.8 Å². The third-order valence-electron chi connectivity index (χ3n) is 5.48. The maximum Gasteiger partial charge on any atom is 0.132 e. The molecule has 0 spiro atoms. The number of ketones is 1. The van der Waals surface area contributed by atoms with Gasteiger partial charge in [0.2, 0.25) is 0 Å². The van der Waals surface area contributed by atoms with Crippen LogP contribution in [-0.4, -0.2) is 22.7 Å². The molecule has 0 aliphatic carbocycles. The van der Waals surface area contributed by atoms with E-state index in [1.807, 2.05) is 17.8 Å². The van der Waals surface area contributed by atoms with Crippen LogP contribution in [0.4, 0.5) is 0 Å². The lowest BCUT2D eigenvalue weighted by Crippen LogP contribution is -2.26. The van der Waals surface area contributed by atoms with E-state index in [1.54, 1.807) is 6.08 Å². The van der Waals surface area contributed by atoms with Gasteiger partial charge in [0.05, 0.1) is 10.9 Å². The van der Waals surface area contributed by atoms with Crippen LogP contribution >= 0.6 is 11.8 Å². The van der Waals surface area contributed by atoms with Crippen LogP contribution in [-0.2, 0) is 9.54 Å². The van der Waals surface area contributed by atoms with Gasteiger partial charge in [-0.25, -0.2) is 0 Å². The normalized spacial score (nSPS) is 12.7. The van der Waals surface area contributed by atoms with Crippen molar-refractivity contribution in [3.63, 3.8) is 0 Å². The van der Waals surface area contributed by atoms with Crippen molar-refractivity contribution in [2.75, 3.05) is 5.75 Å². The number of rotatable bonds is 12. The zero-order valence-corrected chi connectivity index (χ0v) is 19.5. The molecule has 32 heavy (non-hydrogen) atoms. The standard InChI is InChI=1S/C29H32O2S/c1-24(30)23-28(31)21-13-2-3-14-22-32-29(25-15-7-4-8-16-25,26-17-9-5-10-18-26)27-19-11-6-12-20-27/h4-13,15-21,28,31H,2-3,14,22-23H2,1H3/b21-13+/t28-/m1/s1. The van der Waals surface area contributed by atoms with E-state index in [0.717, 1.165) is 25.0 Å². The van der Waals surface area contributed by atoms with Crippen LogP contribution in [0.15, 0.2) is 103 Å². The SMILES string of the molecule is CC(=O)C[C@H](O)/C=C/CCCCSC(c1ccccc1)(c1ccccc1)c1ccccc1. The number of aliphatic hydroxyl groups is 1. The Morgan fingerprint density at radius 3 is 1.75 bits per heavy atom. The molecule has 3 heteroatoms. The lowest BCUT2D eigenvalue weighted by atomic mass is 9.84. The Balaban J connectivity index is 1.76. The molecule has 0 aliphatic heterocycles. The molecule has 1 N–H and O–H groups in total. The zero-order chi connectivity index (χ0) is 22.7. The van der Waals surface area contributed by atoms with Crippen molar-refractivity contribution in [1.29, 1.82) is 0 Å². The number of hydrogen-bond donors (Lipinski definition) is 1. The Bertz CT molecular complexity index is 871. The molecule has 0 amide bonds. The summed E-state index contributed by atoms with van der Waals surface area (Å²) in [7, 11) is 0. The molecule has 0 bridgehead atoms. The first-order valence-electron chi connectivity index (χ1n) is 11.3. The van der Waals surface area contributed by atoms with Crippen LogP contribution in [0.2, 0.25) is 0 Å². The summed E-state index contributed by atoms with van der Waals surface area (Å²) < 4.78 is -0.267. The molecule has 0 heterocycles. The average molecular weight is 445 g/mol. The fraction of sp³-hybridized carbons (Fsp3) is 0.276. The van der Waals surface area contributed by atoms with Crippen molar-refractivity contribution in [3.05, 3.63) is 120 Å². The predicted octanol–water partition coefficient (Wildman–Crippen LogP) is 6.78. The monoisotopic (exact) mass is 444 g/mol. The van der Waals surface area contributed by atoms with E-state index in [9.17, 15) is 9.90 Å². The van der Waals surface area contributed by atoms with E-state index in [1.165, 1.54) is 23.6 Å². The van der Waals surface area contributed by atoms with Gasteiger partial charge in [-0.2, -0.15) is 0 Å². The number of unbranched alkanes of at least 4 members (excludes halogenated alkanes) is 2. The van der Waals surface area contributed by atoms with E-state index in [4.69, 9.17) is 0 Å². The van der Waals surface area contributed by atoms with Gasteiger partial charge < -0.3 is 5.11 Å². The van der Waals surface area contributed by atoms with Gasteiger partial charge in [0.25, 0.3) is 0 Å². The molecule has 0 aromatic heterocycles. The Morgan fingerprint density at radius 1 is 0.844 bits per heavy atom. The molecular formula is C29H32O2S. The number of thioether (sulfide) groups is 1. The zero-order valence-electron chi connectivity index (χ0n) is 18.7. The summed E-state index contributed by atoms with van der Waals surface area (Å²) >= 11 is 1.98. The van der Waals surface area contributed by atoms with E-state index in [-0.39, 0.29) is 17.0 Å². The molecular weight excluding hydrogens is 412 g/mol. The minimum absolute atomic E-state index is 0.0117. The lowest BCUT2D eigenvalue weighted by Gasteiger charge is -2.35. The molecule has 2 nitrogen and oxygen atoms in total. The molecule has 3 aromatic rings. The van der Waals surface area contributed by atoms with Gasteiger partial charge in [0, 0.05) is 6.42 Å². The topological polar surface area (TPSA) is 37.3 Å². The van der Waals surface area contributed by atoms with E-state index >= 15 is 0 Å². The number of carbonyl (C=O) groups is 1. The fourth-order valence-corrected chi connectivity index (χ4v) is 5.54. The third-order valence-corrected chi connectivity index (χ3v) is 7.11. The lowest BCUT2D eigenvalue weighted by molar-refractivity contribution is -0.118. The maximum absolute atomic E-state index is 11.1. The molecule has 166 valence electrons. The average Bonchev–Trinajstić information content (AvgIpc) is 2.82. The highest BCUT2D eigenvalue weighted by atomic mass is 32.2. The first-order chi connectivity index (χ1) is 15.6. The van der Waals surface area contributed by atoms with Crippen LogP contribution in [0, 0.1) is 0 Å². The largest absolute Gasteiger partial charge is 0.389 e. The van der Waals surface area contributed by atoms with E-state index in [0.29, 0.717) is 0 Å². The molecule has 0 fully saturated rings. The molecule has 3 aromatic carbocycles. The van der Waals surface area contributed by atoms with Crippen LogP contribution in [0.1, 0.15) is 49.3 Å². The number of hydrogen-bond acceptors (Lipinski definition) is 3. The number of allylic oxidation sites excluding steroid dienone is 1. The van der Waals surface area contributed by atoms with E-state index in [2.05, 4.69) is 91.0 Å². The van der Waals surface area contributed by atoms with Crippen molar-refractivity contribution in [3.8, 4) is 0 Å². The van der Waals surface area contributed by atoms with E-state index < -0.39 is 6.10 Å². The Labute approximate surface area is 196 Å². The van der Waals surface area contributed by atoms with Gasteiger partial charge in [0.15, 0.2) is 0 Å². The summed E-state index contributed by atoms with van der Waals surface area (Å²) in [4.78, 5) is 11.1. The Kier molecular flexibility index (Phi) is 9.33. The molecule has 0 saturated carbocycles. The van der Waals surface area contributed by atoms with Gasteiger partial charge >= 0.3 is 0 Å². The van der Waals surface area contributed by atoms with Crippen molar-refractivity contribution in [1.82, 2.24) is 0 Å². The van der Waals surface area contributed by atoms with Crippen molar-refractivity contribution in [2.45, 2.75) is 43.5 Å². The smallest absolute Gasteiger partial charge is 0.132 e. The van der Waals surface area contributed by atoms with Gasteiger partial charge in [0.1, 0.15) is 5.78 Å². The third kappa shape index (κ3) is 6.44. The number of Topliss-reactive ketones (excluding diaryl/α,β-unsaturated/α-hetero) is 1. The van der Waals surface area contributed by atoms with Crippen molar-refractivity contribution in [2.24, 2.45) is 0 Å².